The second kappa shape index (κ2) is 9.50. The molecule has 3 heteroatoms. The van der Waals surface area contributed by atoms with Gasteiger partial charge in [-0.1, -0.05) is 24.6 Å². The molecule has 0 amide bonds. The molecule has 2 nitrogen and oxygen atoms in total. The summed E-state index contributed by atoms with van der Waals surface area (Å²) in [5, 5.41) is 0. The van der Waals surface area contributed by atoms with Crippen molar-refractivity contribution in [3.63, 3.8) is 0 Å². The minimum Gasteiger partial charge on any atom is -0.548 e. The summed E-state index contributed by atoms with van der Waals surface area (Å²) >= 11 is 0. The van der Waals surface area contributed by atoms with Crippen molar-refractivity contribution in [3.05, 3.63) is 47.7 Å². The SMILES string of the molecule is C=C(CCCCOCc1cccc(C#CC)c1)O[Si](C)(C)C. The number of hydrogen-bond acceptors (Lipinski definition) is 2. The van der Waals surface area contributed by atoms with Crippen LogP contribution in [0, 0.1) is 11.8 Å². The first-order valence-corrected chi connectivity index (χ1v) is 11.3. The van der Waals surface area contributed by atoms with Crippen LogP contribution in [-0.4, -0.2) is 14.9 Å². The van der Waals surface area contributed by atoms with Gasteiger partial charge >= 0.3 is 0 Å². The Labute approximate surface area is 136 Å². The van der Waals surface area contributed by atoms with Gasteiger partial charge in [-0.2, -0.15) is 0 Å². The molecule has 22 heavy (non-hydrogen) atoms. The largest absolute Gasteiger partial charge is 0.548 e. The van der Waals surface area contributed by atoms with Crippen molar-refractivity contribution in [2.75, 3.05) is 6.61 Å². The smallest absolute Gasteiger partial charge is 0.241 e. The van der Waals surface area contributed by atoms with Gasteiger partial charge in [0.05, 0.1) is 12.4 Å². The van der Waals surface area contributed by atoms with Crippen LogP contribution in [0.4, 0.5) is 0 Å². The van der Waals surface area contributed by atoms with Gasteiger partial charge in [0, 0.05) is 18.6 Å². The van der Waals surface area contributed by atoms with Crippen molar-refractivity contribution in [2.24, 2.45) is 0 Å². The standard InChI is InChI=1S/C19H28O2Si/c1-6-10-18-12-9-13-19(15-18)16-20-14-8-7-11-17(2)21-22(3,4)5/h9,12-13,15H,2,7-8,11,14,16H2,1,3-5H3. The van der Waals surface area contributed by atoms with E-state index in [0.717, 1.165) is 37.2 Å². The fraction of sp³-hybridized carbons (Fsp3) is 0.474. The minimum atomic E-state index is -1.49. The molecule has 0 unspecified atom stereocenters. The monoisotopic (exact) mass is 316 g/mol. The molecule has 0 fully saturated rings. The Hall–Kier alpha value is -1.50. The molecule has 1 aromatic rings. The molecule has 1 rings (SSSR count). The summed E-state index contributed by atoms with van der Waals surface area (Å²) in [7, 11) is -1.49. The lowest BCUT2D eigenvalue weighted by Gasteiger charge is -2.20. The van der Waals surface area contributed by atoms with Crippen LogP contribution in [0.2, 0.25) is 19.6 Å². The first-order valence-electron chi connectivity index (χ1n) is 7.87. The first-order chi connectivity index (χ1) is 10.4. The van der Waals surface area contributed by atoms with Gasteiger partial charge in [0.25, 0.3) is 0 Å². The van der Waals surface area contributed by atoms with E-state index in [1.165, 1.54) is 5.56 Å². The molecule has 0 atom stereocenters. The molecule has 0 aliphatic rings. The van der Waals surface area contributed by atoms with E-state index in [0.29, 0.717) is 6.61 Å². The Morgan fingerprint density at radius 2 is 2.00 bits per heavy atom. The molecule has 120 valence electrons. The normalized spacial score (nSPS) is 10.7. The van der Waals surface area contributed by atoms with Crippen molar-refractivity contribution in [1.82, 2.24) is 0 Å². The quantitative estimate of drug-likeness (QED) is 0.273. The van der Waals surface area contributed by atoms with E-state index in [4.69, 9.17) is 9.16 Å². The maximum atomic E-state index is 5.84. The van der Waals surface area contributed by atoms with Gasteiger partial charge in [-0.05, 0) is 57.1 Å². The molecule has 0 aromatic heterocycles. The Kier molecular flexibility index (Phi) is 8.01. The third-order valence-corrected chi connectivity index (χ3v) is 3.81. The summed E-state index contributed by atoms with van der Waals surface area (Å²) in [6, 6.07) is 8.20. The van der Waals surface area contributed by atoms with E-state index >= 15 is 0 Å². The van der Waals surface area contributed by atoms with E-state index in [1.807, 2.05) is 19.1 Å². The Bertz CT molecular complexity index is 532. The third-order valence-electron chi connectivity index (χ3n) is 2.91. The number of hydrogen-bond donors (Lipinski definition) is 0. The fourth-order valence-electron chi connectivity index (χ4n) is 2.08. The van der Waals surface area contributed by atoms with Crippen LogP contribution in [-0.2, 0) is 15.8 Å². The summed E-state index contributed by atoms with van der Waals surface area (Å²) in [6.45, 7) is 13.8. The second-order valence-electron chi connectivity index (χ2n) is 6.34. The molecule has 0 bridgehead atoms. The number of benzene rings is 1. The first kappa shape index (κ1) is 18.5. The van der Waals surface area contributed by atoms with Crippen LogP contribution < -0.4 is 0 Å². The van der Waals surface area contributed by atoms with E-state index in [9.17, 15) is 0 Å². The molecule has 0 saturated heterocycles. The van der Waals surface area contributed by atoms with Crippen LogP contribution in [0.1, 0.15) is 37.3 Å². The van der Waals surface area contributed by atoms with Gasteiger partial charge in [0.1, 0.15) is 0 Å². The zero-order valence-corrected chi connectivity index (χ0v) is 15.4. The summed E-state index contributed by atoms with van der Waals surface area (Å²) < 4.78 is 11.6. The topological polar surface area (TPSA) is 18.5 Å². The molecule has 0 aliphatic heterocycles. The Morgan fingerprint density at radius 1 is 1.23 bits per heavy atom. The highest BCUT2D eigenvalue weighted by molar-refractivity contribution is 6.70. The van der Waals surface area contributed by atoms with Crippen molar-refractivity contribution in [2.45, 2.75) is 52.4 Å². The van der Waals surface area contributed by atoms with Crippen molar-refractivity contribution in [1.29, 1.82) is 0 Å². The molecule has 0 saturated carbocycles. The fourth-order valence-corrected chi connectivity index (χ4v) is 3.05. The lowest BCUT2D eigenvalue weighted by Crippen LogP contribution is -2.24. The third kappa shape index (κ3) is 8.71. The average molecular weight is 317 g/mol. The number of rotatable bonds is 9. The second-order valence-corrected chi connectivity index (χ2v) is 10.8. The van der Waals surface area contributed by atoms with Crippen LogP contribution >= 0.6 is 0 Å². The van der Waals surface area contributed by atoms with Gasteiger partial charge in [0.15, 0.2) is 0 Å². The van der Waals surface area contributed by atoms with E-state index < -0.39 is 8.32 Å². The maximum absolute atomic E-state index is 5.84. The van der Waals surface area contributed by atoms with Gasteiger partial charge in [0.2, 0.25) is 8.32 Å². The van der Waals surface area contributed by atoms with Gasteiger partial charge in [-0.3, -0.25) is 0 Å². The van der Waals surface area contributed by atoms with Gasteiger partial charge in [-0.15, -0.1) is 5.92 Å². The predicted octanol–water partition coefficient (Wildman–Crippen LogP) is 5.11. The zero-order valence-electron chi connectivity index (χ0n) is 14.4. The van der Waals surface area contributed by atoms with Crippen LogP contribution in [0.25, 0.3) is 0 Å². The maximum Gasteiger partial charge on any atom is 0.241 e. The minimum absolute atomic E-state index is 0.644. The Morgan fingerprint density at radius 3 is 2.68 bits per heavy atom. The predicted molar refractivity (Wildman–Crippen MR) is 96.1 cm³/mol. The average Bonchev–Trinajstić information content (AvgIpc) is 2.41. The van der Waals surface area contributed by atoms with Crippen LogP contribution in [0.15, 0.2) is 36.6 Å². The highest BCUT2D eigenvalue weighted by Gasteiger charge is 2.16. The number of unbranched alkanes of at least 4 members (excludes halogenated alkanes) is 1. The molecular weight excluding hydrogens is 288 g/mol. The van der Waals surface area contributed by atoms with E-state index in [-0.39, 0.29) is 0 Å². The molecule has 0 aliphatic carbocycles. The number of ether oxygens (including phenoxy) is 1. The van der Waals surface area contributed by atoms with Crippen molar-refractivity contribution >= 4 is 8.32 Å². The van der Waals surface area contributed by atoms with Crippen molar-refractivity contribution < 1.29 is 9.16 Å². The summed E-state index contributed by atoms with van der Waals surface area (Å²) in [5.41, 5.74) is 2.22. The molecule has 0 N–H and O–H groups in total. The summed E-state index contributed by atoms with van der Waals surface area (Å²) in [5.74, 6) is 6.90. The van der Waals surface area contributed by atoms with Gasteiger partial charge < -0.3 is 9.16 Å². The zero-order chi connectivity index (χ0) is 16.4. The number of allylic oxidation sites excluding steroid dienone is 1. The Balaban J connectivity index is 2.16. The highest BCUT2D eigenvalue weighted by atomic mass is 28.4. The summed E-state index contributed by atoms with van der Waals surface area (Å²) in [4.78, 5) is 0. The summed E-state index contributed by atoms with van der Waals surface area (Å²) in [6.07, 6.45) is 3.02. The van der Waals surface area contributed by atoms with Crippen molar-refractivity contribution in [3.8, 4) is 11.8 Å². The molecule has 0 spiro atoms. The van der Waals surface area contributed by atoms with Crippen LogP contribution in [0.5, 0.6) is 0 Å². The van der Waals surface area contributed by atoms with Crippen LogP contribution in [0.3, 0.4) is 0 Å². The van der Waals surface area contributed by atoms with E-state index in [1.54, 1.807) is 0 Å². The van der Waals surface area contributed by atoms with E-state index in [2.05, 4.69) is 50.2 Å². The van der Waals surface area contributed by atoms with Gasteiger partial charge in [-0.25, -0.2) is 0 Å². The molecule has 1 aromatic carbocycles. The molecule has 0 radical (unpaired) electrons. The molecule has 0 heterocycles. The highest BCUT2D eigenvalue weighted by Crippen LogP contribution is 2.14. The lowest BCUT2D eigenvalue weighted by atomic mass is 10.1. The molecular formula is C19H28O2Si. The lowest BCUT2D eigenvalue weighted by molar-refractivity contribution is 0.117.